The van der Waals surface area contributed by atoms with Gasteiger partial charge in [-0.05, 0) is 42.5 Å². The standard InChI is InChI=1S/C13H16Cl2F2N2/c14-10-4-9(5-11(15)6-10)12(19-18)3-8-1-2-13(16,17)7-8/h4-6,8,12,19H,1-3,7,18H2. The van der Waals surface area contributed by atoms with Crippen molar-refractivity contribution in [2.75, 3.05) is 0 Å². The van der Waals surface area contributed by atoms with E-state index in [4.69, 9.17) is 29.0 Å². The van der Waals surface area contributed by atoms with Crippen LogP contribution in [0.2, 0.25) is 10.0 Å². The predicted octanol–water partition coefficient (Wildman–Crippen LogP) is 4.32. The van der Waals surface area contributed by atoms with Gasteiger partial charge in [0.05, 0.1) is 0 Å². The van der Waals surface area contributed by atoms with E-state index < -0.39 is 5.92 Å². The van der Waals surface area contributed by atoms with Crippen LogP contribution in [0.1, 0.15) is 37.3 Å². The second-order valence-electron chi connectivity index (χ2n) is 5.12. The number of benzene rings is 1. The summed E-state index contributed by atoms with van der Waals surface area (Å²) in [6.45, 7) is 0. The van der Waals surface area contributed by atoms with Gasteiger partial charge in [0.1, 0.15) is 0 Å². The Morgan fingerprint density at radius 1 is 1.32 bits per heavy atom. The SMILES string of the molecule is NNC(CC1CCC(F)(F)C1)c1cc(Cl)cc(Cl)c1. The van der Waals surface area contributed by atoms with E-state index in [1.54, 1.807) is 18.2 Å². The number of alkyl halides is 2. The lowest BCUT2D eigenvalue weighted by molar-refractivity contribution is 0.00430. The molecule has 1 aromatic rings. The molecule has 6 heteroatoms. The van der Waals surface area contributed by atoms with Crippen molar-refractivity contribution in [3.05, 3.63) is 33.8 Å². The summed E-state index contributed by atoms with van der Waals surface area (Å²) in [5.74, 6) is 2.96. The number of rotatable bonds is 4. The number of nitrogens with two attached hydrogens (primary N) is 1. The van der Waals surface area contributed by atoms with Gasteiger partial charge in [-0.3, -0.25) is 11.3 Å². The smallest absolute Gasteiger partial charge is 0.248 e. The molecule has 2 atom stereocenters. The topological polar surface area (TPSA) is 38.0 Å². The summed E-state index contributed by atoms with van der Waals surface area (Å²) < 4.78 is 26.4. The molecule has 0 heterocycles. The van der Waals surface area contributed by atoms with Crippen LogP contribution in [0.25, 0.3) is 0 Å². The van der Waals surface area contributed by atoms with E-state index in [9.17, 15) is 8.78 Å². The average Bonchev–Trinajstić information content (AvgIpc) is 2.64. The van der Waals surface area contributed by atoms with Crippen molar-refractivity contribution >= 4 is 23.2 Å². The highest BCUT2D eigenvalue weighted by atomic mass is 35.5. The molecule has 2 unspecified atom stereocenters. The highest BCUT2D eigenvalue weighted by Crippen LogP contribution is 2.42. The molecule has 1 aromatic carbocycles. The Balaban J connectivity index is 2.08. The number of hydrogen-bond donors (Lipinski definition) is 2. The Hall–Kier alpha value is -0.420. The third-order valence-electron chi connectivity index (χ3n) is 3.56. The van der Waals surface area contributed by atoms with Crippen molar-refractivity contribution in [1.82, 2.24) is 5.43 Å². The molecule has 0 bridgehead atoms. The Bertz CT molecular complexity index is 434. The molecule has 2 nitrogen and oxygen atoms in total. The monoisotopic (exact) mass is 308 g/mol. The van der Waals surface area contributed by atoms with Crippen LogP contribution < -0.4 is 11.3 Å². The summed E-state index contributed by atoms with van der Waals surface area (Å²) in [5, 5.41) is 1.03. The van der Waals surface area contributed by atoms with Crippen LogP contribution >= 0.6 is 23.2 Å². The average molecular weight is 309 g/mol. The molecule has 0 aliphatic heterocycles. The molecule has 0 aromatic heterocycles. The Labute approximate surface area is 121 Å². The van der Waals surface area contributed by atoms with Crippen molar-refractivity contribution in [2.45, 2.75) is 37.6 Å². The molecule has 19 heavy (non-hydrogen) atoms. The van der Waals surface area contributed by atoms with Crippen LogP contribution in [0.3, 0.4) is 0 Å². The maximum absolute atomic E-state index is 13.2. The van der Waals surface area contributed by atoms with Crippen molar-refractivity contribution in [3.63, 3.8) is 0 Å². The molecule has 0 radical (unpaired) electrons. The lowest BCUT2D eigenvalue weighted by atomic mass is 9.94. The van der Waals surface area contributed by atoms with Gasteiger partial charge in [-0.15, -0.1) is 0 Å². The minimum atomic E-state index is -2.53. The van der Waals surface area contributed by atoms with Gasteiger partial charge in [0.15, 0.2) is 0 Å². The number of hydrogen-bond acceptors (Lipinski definition) is 2. The van der Waals surface area contributed by atoms with E-state index >= 15 is 0 Å². The molecule has 3 N–H and O–H groups in total. The second-order valence-corrected chi connectivity index (χ2v) is 6.00. The molecule has 0 saturated heterocycles. The van der Waals surface area contributed by atoms with E-state index in [1.165, 1.54) is 0 Å². The molecule has 0 amide bonds. The summed E-state index contributed by atoms with van der Waals surface area (Å²) in [5.41, 5.74) is 3.49. The summed E-state index contributed by atoms with van der Waals surface area (Å²) >= 11 is 11.9. The highest BCUT2D eigenvalue weighted by Gasteiger charge is 2.40. The fourth-order valence-electron chi connectivity index (χ4n) is 2.65. The first-order chi connectivity index (χ1) is 8.89. The van der Waals surface area contributed by atoms with Crippen LogP contribution in [0.4, 0.5) is 8.78 Å². The van der Waals surface area contributed by atoms with Crippen LogP contribution in [0.5, 0.6) is 0 Å². The Morgan fingerprint density at radius 3 is 2.42 bits per heavy atom. The third-order valence-corrected chi connectivity index (χ3v) is 4.00. The Kier molecular flexibility index (Phi) is 4.66. The molecule has 1 aliphatic rings. The van der Waals surface area contributed by atoms with Crippen molar-refractivity contribution in [1.29, 1.82) is 0 Å². The molecule has 106 valence electrons. The van der Waals surface area contributed by atoms with Crippen LogP contribution in [0.15, 0.2) is 18.2 Å². The van der Waals surface area contributed by atoms with Crippen LogP contribution in [0, 0.1) is 5.92 Å². The number of hydrazine groups is 1. The van der Waals surface area contributed by atoms with Gasteiger partial charge >= 0.3 is 0 Å². The first kappa shape index (κ1) is 15.0. The Morgan fingerprint density at radius 2 is 1.95 bits per heavy atom. The molecule has 0 spiro atoms. The van der Waals surface area contributed by atoms with Crippen LogP contribution in [-0.2, 0) is 0 Å². The minimum Gasteiger partial charge on any atom is -0.271 e. The summed E-state index contributed by atoms with van der Waals surface area (Å²) in [6.07, 6.45) is 0.979. The van der Waals surface area contributed by atoms with Crippen LogP contribution in [-0.4, -0.2) is 5.92 Å². The zero-order valence-electron chi connectivity index (χ0n) is 10.3. The minimum absolute atomic E-state index is 0.0335. The maximum atomic E-state index is 13.2. The molecular formula is C13H16Cl2F2N2. The second kappa shape index (κ2) is 5.92. The largest absolute Gasteiger partial charge is 0.271 e. The van der Waals surface area contributed by atoms with E-state index in [0.717, 1.165) is 5.56 Å². The zero-order chi connectivity index (χ0) is 14.0. The summed E-state index contributed by atoms with van der Waals surface area (Å²) in [6, 6.07) is 4.93. The van der Waals surface area contributed by atoms with Crippen molar-refractivity contribution in [2.24, 2.45) is 11.8 Å². The molecule has 1 saturated carbocycles. The lowest BCUT2D eigenvalue weighted by Crippen LogP contribution is -2.29. The first-order valence-electron chi connectivity index (χ1n) is 6.19. The fourth-order valence-corrected chi connectivity index (χ4v) is 3.20. The van der Waals surface area contributed by atoms with E-state index in [0.29, 0.717) is 22.9 Å². The summed E-state index contributed by atoms with van der Waals surface area (Å²) in [4.78, 5) is 0. The molecular weight excluding hydrogens is 293 g/mol. The van der Waals surface area contributed by atoms with E-state index in [1.807, 2.05) is 0 Å². The van der Waals surface area contributed by atoms with Gasteiger partial charge in [-0.2, -0.15) is 0 Å². The lowest BCUT2D eigenvalue weighted by Gasteiger charge is -2.20. The third kappa shape index (κ3) is 4.02. The number of halogens is 4. The normalized spacial score (nSPS) is 23.5. The van der Waals surface area contributed by atoms with Gasteiger partial charge in [-0.1, -0.05) is 23.2 Å². The zero-order valence-corrected chi connectivity index (χ0v) is 11.8. The van der Waals surface area contributed by atoms with E-state index in [2.05, 4.69) is 5.43 Å². The predicted molar refractivity (Wildman–Crippen MR) is 73.4 cm³/mol. The van der Waals surface area contributed by atoms with Gasteiger partial charge in [0.25, 0.3) is 0 Å². The highest BCUT2D eigenvalue weighted by molar-refractivity contribution is 6.34. The summed E-state index contributed by atoms with van der Waals surface area (Å²) in [7, 11) is 0. The van der Waals surface area contributed by atoms with E-state index in [-0.39, 0.29) is 24.8 Å². The van der Waals surface area contributed by atoms with Gasteiger partial charge in [-0.25, -0.2) is 8.78 Å². The molecule has 1 aliphatic carbocycles. The first-order valence-corrected chi connectivity index (χ1v) is 6.95. The van der Waals surface area contributed by atoms with Gasteiger partial charge < -0.3 is 0 Å². The van der Waals surface area contributed by atoms with Crippen molar-refractivity contribution < 1.29 is 8.78 Å². The van der Waals surface area contributed by atoms with Gasteiger partial charge in [0.2, 0.25) is 5.92 Å². The fraction of sp³-hybridized carbons (Fsp3) is 0.538. The maximum Gasteiger partial charge on any atom is 0.248 e. The molecule has 2 rings (SSSR count). The van der Waals surface area contributed by atoms with Gasteiger partial charge in [0, 0.05) is 28.9 Å². The quantitative estimate of drug-likeness (QED) is 0.642. The number of nitrogens with one attached hydrogen (secondary N) is 1. The van der Waals surface area contributed by atoms with Crippen molar-refractivity contribution in [3.8, 4) is 0 Å². The molecule has 1 fully saturated rings.